The smallest absolute Gasteiger partial charge is 0.505 e. The maximum absolute atomic E-state index is 13.3. The number of halogens is 5. The molecule has 0 fully saturated rings. The SMILES string of the molecule is COC(=O)c1ccc(O)c(F)c1.COC(=O)c1ccc(OS(=O)(=O)C(F)(F)F)c(F)c1. The Labute approximate surface area is 171 Å². The van der Waals surface area contributed by atoms with Gasteiger partial charge in [0.05, 0.1) is 25.3 Å². The first-order valence-electron chi connectivity index (χ1n) is 7.69. The average Bonchev–Trinajstić information content (AvgIpc) is 2.69. The number of ether oxygens (including phenoxy) is 2. The van der Waals surface area contributed by atoms with Crippen molar-refractivity contribution in [3.8, 4) is 11.5 Å². The van der Waals surface area contributed by atoms with E-state index in [1.165, 1.54) is 13.2 Å². The molecule has 0 spiro atoms. The van der Waals surface area contributed by atoms with Gasteiger partial charge in [-0.1, -0.05) is 0 Å². The van der Waals surface area contributed by atoms with Gasteiger partial charge in [0, 0.05) is 0 Å². The molecule has 31 heavy (non-hydrogen) atoms. The molecule has 8 nitrogen and oxygen atoms in total. The minimum atomic E-state index is -5.97. The fourth-order valence-corrected chi connectivity index (χ4v) is 2.20. The molecule has 0 bridgehead atoms. The first-order valence-corrected chi connectivity index (χ1v) is 9.09. The highest BCUT2D eigenvalue weighted by Crippen LogP contribution is 2.28. The van der Waals surface area contributed by atoms with Gasteiger partial charge in [-0.2, -0.15) is 21.6 Å². The molecule has 0 aliphatic heterocycles. The number of benzene rings is 2. The van der Waals surface area contributed by atoms with E-state index in [1.807, 2.05) is 0 Å². The predicted octanol–water partition coefficient (Wildman–Crippen LogP) is 3.16. The van der Waals surface area contributed by atoms with Crippen molar-refractivity contribution in [3.05, 3.63) is 59.2 Å². The van der Waals surface area contributed by atoms with Crippen molar-refractivity contribution in [2.75, 3.05) is 14.2 Å². The number of methoxy groups -OCH3 is 2. The van der Waals surface area contributed by atoms with E-state index in [1.54, 1.807) is 0 Å². The Morgan fingerprint density at radius 3 is 1.71 bits per heavy atom. The third kappa shape index (κ3) is 6.80. The van der Waals surface area contributed by atoms with Crippen molar-refractivity contribution in [2.24, 2.45) is 0 Å². The highest BCUT2D eigenvalue weighted by atomic mass is 32.2. The molecule has 2 rings (SSSR count). The lowest BCUT2D eigenvalue weighted by atomic mass is 10.2. The molecule has 0 aromatic heterocycles. The van der Waals surface area contributed by atoms with E-state index in [4.69, 9.17) is 5.11 Å². The summed E-state index contributed by atoms with van der Waals surface area (Å²) < 4.78 is 95.4. The Balaban J connectivity index is 0.000000343. The Kier molecular flexibility index (Phi) is 8.31. The van der Waals surface area contributed by atoms with Crippen LogP contribution in [0.15, 0.2) is 36.4 Å². The van der Waals surface area contributed by atoms with Crippen molar-refractivity contribution in [1.29, 1.82) is 0 Å². The molecule has 2 aromatic carbocycles. The van der Waals surface area contributed by atoms with E-state index in [0.29, 0.717) is 12.1 Å². The summed E-state index contributed by atoms with van der Waals surface area (Å²) in [6.07, 6.45) is 0. The summed E-state index contributed by atoms with van der Waals surface area (Å²) in [5, 5.41) is 8.77. The zero-order valence-corrected chi connectivity index (χ0v) is 16.4. The van der Waals surface area contributed by atoms with Gasteiger partial charge < -0.3 is 18.8 Å². The number of alkyl halides is 3. The minimum Gasteiger partial charge on any atom is -0.505 e. The van der Waals surface area contributed by atoms with Gasteiger partial charge in [0.15, 0.2) is 23.1 Å². The van der Waals surface area contributed by atoms with Crippen molar-refractivity contribution < 1.29 is 58.7 Å². The molecule has 0 aliphatic rings. The maximum Gasteiger partial charge on any atom is 0.534 e. The fraction of sp³-hybridized carbons (Fsp3) is 0.176. The first kappa shape index (κ1) is 25.6. The van der Waals surface area contributed by atoms with E-state index in [2.05, 4.69) is 13.7 Å². The minimum absolute atomic E-state index is 0.0767. The third-order valence-electron chi connectivity index (χ3n) is 3.20. The van der Waals surface area contributed by atoms with E-state index in [-0.39, 0.29) is 11.1 Å². The predicted molar refractivity (Wildman–Crippen MR) is 92.7 cm³/mol. The number of hydrogen-bond acceptors (Lipinski definition) is 8. The summed E-state index contributed by atoms with van der Waals surface area (Å²) in [4.78, 5) is 21.8. The van der Waals surface area contributed by atoms with E-state index < -0.39 is 50.7 Å². The summed E-state index contributed by atoms with van der Waals surface area (Å²) in [6.45, 7) is 0. The van der Waals surface area contributed by atoms with E-state index in [9.17, 15) is 40.0 Å². The van der Waals surface area contributed by atoms with Crippen molar-refractivity contribution in [3.63, 3.8) is 0 Å². The van der Waals surface area contributed by atoms with Gasteiger partial charge in [0.25, 0.3) is 0 Å². The molecule has 170 valence electrons. The van der Waals surface area contributed by atoms with Crippen molar-refractivity contribution >= 4 is 22.1 Å². The second-order valence-corrected chi connectivity index (χ2v) is 6.82. The van der Waals surface area contributed by atoms with Crippen molar-refractivity contribution in [2.45, 2.75) is 5.51 Å². The van der Waals surface area contributed by atoms with Crippen LogP contribution >= 0.6 is 0 Å². The quantitative estimate of drug-likeness (QED) is 0.312. The largest absolute Gasteiger partial charge is 0.534 e. The molecule has 0 unspecified atom stereocenters. The lowest BCUT2D eigenvalue weighted by Crippen LogP contribution is -2.28. The lowest BCUT2D eigenvalue weighted by molar-refractivity contribution is -0.0501. The second-order valence-electron chi connectivity index (χ2n) is 5.28. The van der Waals surface area contributed by atoms with Crippen LogP contribution in [0.2, 0.25) is 0 Å². The molecular weight excluding hydrogens is 459 g/mol. The highest BCUT2D eigenvalue weighted by molar-refractivity contribution is 7.88. The number of phenols is 1. The number of aromatic hydroxyl groups is 1. The zero-order chi connectivity index (χ0) is 24.0. The number of carbonyl (C=O) groups excluding carboxylic acids is 2. The zero-order valence-electron chi connectivity index (χ0n) is 15.6. The molecule has 2 aromatic rings. The lowest BCUT2D eigenvalue weighted by Gasteiger charge is -2.10. The molecule has 0 atom stereocenters. The Morgan fingerprint density at radius 1 is 0.871 bits per heavy atom. The highest BCUT2D eigenvalue weighted by Gasteiger charge is 2.48. The van der Waals surface area contributed by atoms with Crippen LogP contribution in [0, 0.1) is 11.6 Å². The first-order chi connectivity index (χ1) is 14.2. The normalized spacial score (nSPS) is 11.1. The molecule has 0 aliphatic carbocycles. The average molecular weight is 472 g/mol. The van der Waals surface area contributed by atoms with Crippen molar-refractivity contribution in [1.82, 2.24) is 0 Å². The van der Waals surface area contributed by atoms with Crippen LogP contribution in [0.25, 0.3) is 0 Å². The molecular formula is C17H13F5O8S. The number of rotatable bonds is 4. The van der Waals surface area contributed by atoms with Crippen LogP contribution < -0.4 is 4.18 Å². The van der Waals surface area contributed by atoms with Crippen LogP contribution in [-0.2, 0) is 19.6 Å². The number of phenolic OH excluding ortho intramolecular Hbond substituents is 1. The summed E-state index contributed by atoms with van der Waals surface area (Å²) in [5.41, 5.74) is -5.91. The van der Waals surface area contributed by atoms with Crippen LogP contribution in [0.4, 0.5) is 22.0 Å². The molecule has 0 heterocycles. The van der Waals surface area contributed by atoms with Gasteiger partial charge in [-0.25, -0.2) is 18.4 Å². The molecule has 14 heteroatoms. The van der Waals surface area contributed by atoms with E-state index >= 15 is 0 Å². The Morgan fingerprint density at radius 2 is 1.32 bits per heavy atom. The molecule has 0 saturated carbocycles. The summed E-state index contributed by atoms with van der Waals surface area (Å²) in [7, 11) is -3.75. The topological polar surface area (TPSA) is 116 Å². The van der Waals surface area contributed by atoms with Gasteiger partial charge in [-0.05, 0) is 36.4 Å². The second kappa shape index (κ2) is 10.1. The summed E-state index contributed by atoms with van der Waals surface area (Å²) in [6, 6.07) is 5.22. The van der Waals surface area contributed by atoms with Gasteiger partial charge in [-0.3, -0.25) is 0 Å². The van der Waals surface area contributed by atoms with Gasteiger partial charge in [-0.15, -0.1) is 0 Å². The molecule has 0 radical (unpaired) electrons. The number of carbonyl (C=O) groups is 2. The number of hydrogen-bond donors (Lipinski definition) is 1. The van der Waals surface area contributed by atoms with Crippen LogP contribution in [0.5, 0.6) is 11.5 Å². The van der Waals surface area contributed by atoms with Gasteiger partial charge >= 0.3 is 27.6 Å². The van der Waals surface area contributed by atoms with Crippen LogP contribution in [0.1, 0.15) is 20.7 Å². The molecule has 0 amide bonds. The monoisotopic (exact) mass is 472 g/mol. The standard InChI is InChI=1S/C9H6F4O5S.C8H7FO3/c1-17-8(14)5-2-3-7(6(10)4-5)18-19(15,16)9(11,12)13;1-12-8(11)5-2-3-7(10)6(9)4-5/h2-4H,1H3;2-4,10H,1H3. The maximum atomic E-state index is 13.3. The Hall–Kier alpha value is -3.42. The van der Waals surface area contributed by atoms with Crippen LogP contribution in [-0.4, -0.2) is 45.2 Å². The molecule has 0 saturated heterocycles. The Bertz CT molecular complexity index is 1070. The van der Waals surface area contributed by atoms with Gasteiger partial charge in [0.1, 0.15) is 0 Å². The van der Waals surface area contributed by atoms with E-state index in [0.717, 1.165) is 25.3 Å². The fourth-order valence-electron chi connectivity index (χ4n) is 1.73. The summed E-state index contributed by atoms with van der Waals surface area (Å²) in [5.74, 6) is -5.51. The summed E-state index contributed by atoms with van der Waals surface area (Å²) >= 11 is 0. The van der Waals surface area contributed by atoms with Gasteiger partial charge in [0.2, 0.25) is 0 Å². The third-order valence-corrected chi connectivity index (χ3v) is 4.17. The van der Waals surface area contributed by atoms with Crippen LogP contribution in [0.3, 0.4) is 0 Å². The molecule has 1 N–H and O–H groups in total. The number of esters is 2.